The lowest BCUT2D eigenvalue weighted by Crippen LogP contribution is -2.29. The average Bonchev–Trinajstić information content (AvgIpc) is 2.62. The van der Waals surface area contributed by atoms with Gasteiger partial charge in [-0.1, -0.05) is 0 Å². The Morgan fingerprint density at radius 3 is 1.76 bits per heavy atom. The van der Waals surface area contributed by atoms with Crippen molar-refractivity contribution in [3.05, 3.63) is 22.3 Å². The second kappa shape index (κ2) is 5.75. The third-order valence-electron chi connectivity index (χ3n) is 4.22. The number of nitrogens with zero attached hydrogens (tertiary/aromatic N) is 1. The first-order valence-electron chi connectivity index (χ1n) is 6.98. The summed E-state index contributed by atoms with van der Waals surface area (Å²) < 4.78 is 36.8. The fourth-order valence-corrected chi connectivity index (χ4v) is 2.76. The summed E-state index contributed by atoms with van der Waals surface area (Å²) in [6.07, 6.45) is -4.35. The Bertz CT molecular complexity index is 506. The Morgan fingerprint density at radius 2 is 1.38 bits per heavy atom. The number of alkyl halides is 3. The second-order valence-electron chi connectivity index (χ2n) is 5.57. The summed E-state index contributed by atoms with van der Waals surface area (Å²) in [4.78, 5) is 26.1. The molecule has 1 aliphatic carbocycles. The molecule has 0 aromatic rings. The highest BCUT2D eigenvalue weighted by molar-refractivity contribution is 6.24. The summed E-state index contributed by atoms with van der Waals surface area (Å²) in [5.41, 5.74) is 1.92. The second-order valence-corrected chi connectivity index (χ2v) is 5.57. The van der Waals surface area contributed by atoms with Crippen molar-refractivity contribution in [2.45, 2.75) is 39.3 Å². The predicted octanol–water partition coefficient (Wildman–Crippen LogP) is 2.82. The third-order valence-corrected chi connectivity index (χ3v) is 4.22. The van der Waals surface area contributed by atoms with Crippen LogP contribution in [-0.2, 0) is 9.59 Å². The molecule has 0 N–H and O–H groups in total. The number of hydrogen-bond acceptors (Lipinski definition) is 3. The minimum Gasteiger partial charge on any atom is -0.302 e. The molecule has 0 amide bonds. The minimum atomic E-state index is -4.18. The van der Waals surface area contributed by atoms with Crippen molar-refractivity contribution >= 4 is 11.6 Å². The van der Waals surface area contributed by atoms with Crippen LogP contribution >= 0.6 is 0 Å². The molecule has 6 heteroatoms. The van der Waals surface area contributed by atoms with Gasteiger partial charge in [0.15, 0.2) is 11.6 Å². The van der Waals surface area contributed by atoms with Gasteiger partial charge in [-0.2, -0.15) is 13.2 Å². The summed E-state index contributed by atoms with van der Waals surface area (Å²) in [6, 6.07) is 0. The largest absolute Gasteiger partial charge is 0.390 e. The molecule has 0 radical (unpaired) electrons. The molecular weight excluding hydrogens is 283 g/mol. The Balaban J connectivity index is 2.09. The zero-order valence-corrected chi connectivity index (χ0v) is 12.1. The first kappa shape index (κ1) is 15.9. The van der Waals surface area contributed by atoms with Crippen molar-refractivity contribution in [2.24, 2.45) is 0 Å². The molecule has 0 saturated heterocycles. The number of carbonyl (C=O) groups excluding carboxylic acids is 2. The van der Waals surface area contributed by atoms with E-state index < -0.39 is 12.6 Å². The maximum absolute atomic E-state index is 12.3. The summed E-state index contributed by atoms with van der Waals surface area (Å²) in [7, 11) is 0. The molecule has 2 aliphatic rings. The van der Waals surface area contributed by atoms with E-state index in [1.54, 1.807) is 18.7 Å². The van der Waals surface area contributed by atoms with Crippen LogP contribution in [-0.4, -0.2) is 42.3 Å². The molecule has 0 bridgehead atoms. The Labute approximate surface area is 121 Å². The van der Waals surface area contributed by atoms with Gasteiger partial charge >= 0.3 is 6.18 Å². The van der Waals surface area contributed by atoms with Crippen molar-refractivity contribution in [3.8, 4) is 0 Å². The smallest absolute Gasteiger partial charge is 0.302 e. The van der Waals surface area contributed by atoms with E-state index in [4.69, 9.17) is 0 Å². The molecule has 1 aliphatic heterocycles. The van der Waals surface area contributed by atoms with Gasteiger partial charge in [-0.05, 0) is 26.7 Å². The number of ketones is 2. The van der Waals surface area contributed by atoms with Crippen LogP contribution in [0.5, 0.6) is 0 Å². The zero-order valence-electron chi connectivity index (χ0n) is 12.1. The third kappa shape index (κ3) is 3.43. The van der Waals surface area contributed by atoms with Gasteiger partial charge < -0.3 is 4.90 Å². The molecule has 0 saturated carbocycles. The van der Waals surface area contributed by atoms with E-state index in [2.05, 4.69) is 0 Å². The fourth-order valence-electron chi connectivity index (χ4n) is 2.76. The van der Waals surface area contributed by atoms with Crippen LogP contribution in [0.25, 0.3) is 0 Å². The predicted molar refractivity (Wildman–Crippen MR) is 71.8 cm³/mol. The molecule has 0 aromatic carbocycles. The van der Waals surface area contributed by atoms with Crippen LogP contribution in [0.1, 0.15) is 33.1 Å². The molecule has 2 rings (SSSR count). The van der Waals surface area contributed by atoms with E-state index in [-0.39, 0.29) is 18.1 Å². The molecular formula is C15H18F3NO2. The lowest BCUT2D eigenvalue weighted by Gasteiger charge is -2.20. The van der Waals surface area contributed by atoms with Crippen molar-refractivity contribution in [3.63, 3.8) is 0 Å². The number of Topliss-reactive ketones (excluding diaryl/α,β-unsaturated/α-hetero) is 2. The summed E-state index contributed by atoms with van der Waals surface area (Å²) in [5.74, 6) is -0.250. The Hall–Kier alpha value is -1.43. The van der Waals surface area contributed by atoms with Crippen LogP contribution in [0.2, 0.25) is 0 Å². The number of rotatable bonds is 2. The monoisotopic (exact) mass is 301 g/mol. The fraction of sp³-hybridized carbons (Fsp3) is 0.600. The molecule has 0 spiro atoms. The molecule has 116 valence electrons. The first-order valence-corrected chi connectivity index (χ1v) is 6.98. The van der Waals surface area contributed by atoms with Gasteiger partial charge in [-0.15, -0.1) is 0 Å². The van der Waals surface area contributed by atoms with Crippen LogP contribution in [0.3, 0.4) is 0 Å². The highest BCUT2D eigenvalue weighted by Gasteiger charge is 2.33. The zero-order chi connectivity index (χ0) is 15.8. The van der Waals surface area contributed by atoms with Crippen molar-refractivity contribution in [1.82, 2.24) is 4.90 Å². The molecule has 3 nitrogen and oxygen atoms in total. The maximum atomic E-state index is 12.3. The van der Waals surface area contributed by atoms with E-state index in [0.29, 0.717) is 48.2 Å². The highest BCUT2D eigenvalue weighted by Crippen LogP contribution is 2.31. The van der Waals surface area contributed by atoms with Gasteiger partial charge in [0.25, 0.3) is 0 Å². The van der Waals surface area contributed by atoms with E-state index >= 15 is 0 Å². The average molecular weight is 301 g/mol. The summed E-state index contributed by atoms with van der Waals surface area (Å²) in [6.45, 7) is 3.95. The van der Waals surface area contributed by atoms with Gasteiger partial charge in [-0.3, -0.25) is 9.59 Å². The van der Waals surface area contributed by atoms with Gasteiger partial charge in [0, 0.05) is 41.9 Å². The first-order chi connectivity index (χ1) is 9.70. The number of carbonyl (C=O) groups is 2. The van der Waals surface area contributed by atoms with Crippen LogP contribution in [0, 0.1) is 0 Å². The van der Waals surface area contributed by atoms with Crippen molar-refractivity contribution < 1.29 is 22.8 Å². The highest BCUT2D eigenvalue weighted by atomic mass is 19.4. The number of hydrogen-bond donors (Lipinski definition) is 0. The van der Waals surface area contributed by atoms with Crippen molar-refractivity contribution in [1.29, 1.82) is 0 Å². The number of halogens is 3. The van der Waals surface area contributed by atoms with Gasteiger partial charge in [0.2, 0.25) is 0 Å². The lowest BCUT2D eigenvalue weighted by atomic mass is 9.83. The molecule has 21 heavy (non-hydrogen) atoms. The lowest BCUT2D eigenvalue weighted by molar-refractivity contribution is -0.138. The molecule has 0 aromatic heterocycles. The Kier molecular flexibility index (Phi) is 4.37. The van der Waals surface area contributed by atoms with Crippen LogP contribution in [0.4, 0.5) is 13.2 Å². The molecule has 0 atom stereocenters. The van der Waals surface area contributed by atoms with Crippen LogP contribution in [0.15, 0.2) is 22.3 Å². The maximum Gasteiger partial charge on any atom is 0.390 e. The minimum absolute atomic E-state index is 0.0855. The van der Waals surface area contributed by atoms with Gasteiger partial charge in [0.1, 0.15) is 0 Å². The van der Waals surface area contributed by atoms with E-state index in [0.717, 1.165) is 0 Å². The van der Waals surface area contributed by atoms with Gasteiger partial charge in [-0.25, -0.2) is 0 Å². The van der Waals surface area contributed by atoms with E-state index in [9.17, 15) is 22.8 Å². The normalized spacial score (nSPS) is 21.8. The van der Waals surface area contributed by atoms with Crippen LogP contribution < -0.4 is 0 Å². The summed E-state index contributed by atoms with van der Waals surface area (Å²) >= 11 is 0. The topological polar surface area (TPSA) is 37.4 Å². The van der Waals surface area contributed by atoms with E-state index in [1.165, 1.54) is 0 Å². The Morgan fingerprint density at radius 1 is 0.952 bits per heavy atom. The SMILES string of the molecule is CC1=C(C)C(=O)C2=C(CCN(CCC(F)(F)F)CC2)C1=O. The van der Waals surface area contributed by atoms with Crippen molar-refractivity contribution in [2.75, 3.05) is 19.6 Å². The molecule has 0 fully saturated rings. The van der Waals surface area contributed by atoms with Gasteiger partial charge in [0.05, 0.1) is 6.42 Å². The number of allylic oxidation sites excluding steroid dienone is 2. The van der Waals surface area contributed by atoms with E-state index in [1.807, 2.05) is 0 Å². The molecule has 1 heterocycles. The quantitative estimate of drug-likeness (QED) is 0.736. The molecule has 0 unspecified atom stereocenters. The standard InChI is InChI=1S/C15H18F3NO2/c1-9-10(2)14(21)12-4-7-19(8-5-15(16,17)18)6-3-11(12)13(9)20/h3-8H2,1-2H3. The summed E-state index contributed by atoms with van der Waals surface area (Å²) in [5, 5.41) is 0.